The summed E-state index contributed by atoms with van der Waals surface area (Å²) in [6, 6.07) is 9.75. The van der Waals surface area contributed by atoms with Gasteiger partial charge < -0.3 is 5.73 Å². The minimum Gasteiger partial charge on any atom is -0.329 e. The molecule has 0 saturated heterocycles. The van der Waals surface area contributed by atoms with Gasteiger partial charge >= 0.3 is 0 Å². The number of thioether (sulfide) groups is 1. The highest BCUT2D eigenvalue weighted by Gasteiger charge is 2.13. The van der Waals surface area contributed by atoms with Gasteiger partial charge in [-0.05, 0) is 35.9 Å². The average molecular weight is 283 g/mol. The summed E-state index contributed by atoms with van der Waals surface area (Å²) < 4.78 is 39.1. The van der Waals surface area contributed by atoms with Crippen molar-refractivity contribution in [3.05, 3.63) is 65.5 Å². The molecule has 0 fully saturated rings. The molecule has 0 bridgehead atoms. The Morgan fingerprint density at radius 3 is 2.42 bits per heavy atom. The average Bonchev–Trinajstić information content (AvgIpc) is 2.40. The molecule has 0 amide bonds. The highest BCUT2D eigenvalue weighted by Crippen LogP contribution is 2.35. The predicted molar refractivity (Wildman–Crippen MR) is 70.4 cm³/mol. The van der Waals surface area contributed by atoms with Gasteiger partial charge in [-0.2, -0.15) is 0 Å². The SMILES string of the molecule is NCC(Sc1ccc(F)c(F)c1)c1cccc(F)c1. The fourth-order valence-corrected chi connectivity index (χ4v) is 2.70. The molecule has 1 unspecified atom stereocenters. The molecular weight excluding hydrogens is 271 g/mol. The topological polar surface area (TPSA) is 26.0 Å². The van der Waals surface area contributed by atoms with Gasteiger partial charge in [0.25, 0.3) is 0 Å². The van der Waals surface area contributed by atoms with Gasteiger partial charge in [0, 0.05) is 16.7 Å². The lowest BCUT2D eigenvalue weighted by atomic mass is 10.1. The lowest BCUT2D eigenvalue weighted by molar-refractivity contribution is 0.506. The van der Waals surface area contributed by atoms with Crippen molar-refractivity contribution in [1.82, 2.24) is 0 Å². The molecular formula is C14H12F3NS. The van der Waals surface area contributed by atoms with Gasteiger partial charge in [0.2, 0.25) is 0 Å². The molecule has 2 aromatic rings. The van der Waals surface area contributed by atoms with E-state index in [1.807, 2.05) is 0 Å². The van der Waals surface area contributed by atoms with Crippen molar-refractivity contribution in [3.8, 4) is 0 Å². The Balaban J connectivity index is 2.21. The van der Waals surface area contributed by atoms with Crippen molar-refractivity contribution in [3.63, 3.8) is 0 Å². The molecule has 2 rings (SSSR count). The first-order chi connectivity index (χ1) is 9.10. The highest BCUT2D eigenvalue weighted by molar-refractivity contribution is 7.99. The van der Waals surface area contributed by atoms with Crippen LogP contribution in [-0.4, -0.2) is 6.54 Å². The molecule has 1 nitrogen and oxygen atoms in total. The minimum absolute atomic E-state index is 0.208. The van der Waals surface area contributed by atoms with Crippen LogP contribution in [0.3, 0.4) is 0 Å². The normalized spacial score (nSPS) is 12.4. The van der Waals surface area contributed by atoms with Crippen molar-refractivity contribution in [2.24, 2.45) is 5.73 Å². The summed E-state index contributed by atoms with van der Waals surface area (Å²) in [5, 5.41) is -0.208. The Bertz CT molecular complexity index is 574. The molecule has 0 radical (unpaired) electrons. The van der Waals surface area contributed by atoms with Gasteiger partial charge in [-0.25, -0.2) is 13.2 Å². The van der Waals surface area contributed by atoms with Crippen molar-refractivity contribution >= 4 is 11.8 Å². The fraction of sp³-hybridized carbons (Fsp3) is 0.143. The summed E-state index contributed by atoms with van der Waals surface area (Å²) in [6.45, 7) is 0.271. The summed E-state index contributed by atoms with van der Waals surface area (Å²) in [5.41, 5.74) is 6.38. The van der Waals surface area contributed by atoms with Gasteiger partial charge in [-0.15, -0.1) is 11.8 Å². The second kappa shape index (κ2) is 6.12. The summed E-state index contributed by atoms with van der Waals surface area (Å²) in [7, 11) is 0. The van der Waals surface area contributed by atoms with Crippen LogP contribution in [0.25, 0.3) is 0 Å². The van der Waals surface area contributed by atoms with Crippen LogP contribution in [-0.2, 0) is 0 Å². The molecule has 5 heteroatoms. The predicted octanol–water partition coefficient (Wildman–Crippen LogP) is 3.90. The van der Waals surface area contributed by atoms with Crippen LogP contribution >= 0.6 is 11.8 Å². The maximum atomic E-state index is 13.2. The summed E-state index contributed by atoms with van der Waals surface area (Å²) in [4.78, 5) is 0.554. The van der Waals surface area contributed by atoms with Crippen LogP contribution < -0.4 is 5.73 Å². The van der Waals surface area contributed by atoms with Crippen LogP contribution in [0.15, 0.2) is 47.4 Å². The van der Waals surface area contributed by atoms with Gasteiger partial charge in [0.1, 0.15) is 5.82 Å². The van der Waals surface area contributed by atoms with Gasteiger partial charge in [0.15, 0.2) is 11.6 Å². The van der Waals surface area contributed by atoms with Crippen molar-refractivity contribution in [2.75, 3.05) is 6.54 Å². The third-order valence-corrected chi connectivity index (χ3v) is 3.88. The molecule has 2 aromatic carbocycles. The molecule has 2 N–H and O–H groups in total. The Hall–Kier alpha value is -1.46. The van der Waals surface area contributed by atoms with E-state index in [1.54, 1.807) is 12.1 Å². The lowest BCUT2D eigenvalue weighted by Crippen LogP contribution is -2.09. The molecule has 1 atom stereocenters. The van der Waals surface area contributed by atoms with E-state index in [4.69, 9.17) is 5.73 Å². The van der Waals surface area contributed by atoms with Gasteiger partial charge in [-0.1, -0.05) is 12.1 Å². The van der Waals surface area contributed by atoms with Crippen molar-refractivity contribution in [1.29, 1.82) is 0 Å². The Morgan fingerprint density at radius 1 is 1.00 bits per heavy atom. The molecule has 0 aromatic heterocycles. The first-order valence-electron chi connectivity index (χ1n) is 5.67. The number of hydrogen-bond donors (Lipinski definition) is 1. The Kier molecular flexibility index (Phi) is 4.50. The van der Waals surface area contributed by atoms with Gasteiger partial charge in [0.05, 0.1) is 0 Å². The molecule has 0 aliphatic heterocycles. The largest absolute Gasteiger partial charge is 0.329 e. The lowest BCUT2D eigenvalue weighted by Gasteiger charge is -2.15. The van der Waals surface area contributed by atoms with Crippen molar-refractivity contribution in [2.45, 2.75) is 10.1 Å². The maximum absolute atomic E-state index is 13.2. The number of benzene rings is 2. The zero-order valence-corrected chi connectivity index (χ0v) is 10.8. The first-order valence-corrected chi connectivity index (χ1v) is 6.55. The first kappa shape index (κ1) is 14.0. The number of halogens is 3. The zero-order valence-electron chi connectivity index (χ0n) is 9.95. The second-order valence-electron chi connectivity index (χ2n) is 3.97. The van der Waals surface area contributed by atoms with E-state index in [9.17, 15) is 13.2 Å². The molecule has 0 aliphatic carbocycles. The number of rotatable bonds is 4. The monoisotopic (exact) mass is 283 g/mol. The third-order valence-electron chi connectivity index (χ3n) is 2.60. The minimum atomic E-state index is -0.903. The summed E-state index contributed by atoms with van der Waals surface area (Å²) in [5.74, 6) is -2.14. The van der Waals surface area contributed by atoms with Crippen LogP contribution in [0.2, 0.25) is 0 Å². The molecule has 0 spiro atoms. The fourth-order valence-electron chi connectivity index (χ4n) is 1.67. The third kappa shape index (κ3) is 3.52. The summed E-state index contributed by atoms with van der Waals surface area (Å²) >= 11 is 1.28. The van der Waals surface area contributed by atoms with E-state index in [-0.39, 0.29) is 17.6 Å². The molecule has 0 saturated carbocycles. The van der Waals surface area contributed by atoms with Crippen LogP contribution in [0.1, 0.15) is 10.8 Å². The van der Waals surface area contributed by atoms with E-state index >= 15 is 0 Å². The van der Waals surface area contributed by atoms with Crippen molar-refractivity contribution < 1.29 is 13.2 Å². The number of hydrogen-bond acceptors (Lipinski definition) is 2. The van der Waals surface area contributed by atoms with E-state index in [0.29, 0.717) is 4.90 Å². The Morgan fingerprint density at radius 2 is 1.79 bits per heavy atom. The van der Waals surface area contributed by atoms with E-state index in [2.05, 4.69) is 0 Å². The molecule has 19 heavy (non-hydrogen) atoms. The van der Waals surface area contributed by atoms with E-state index in [1.165, 1.54) is 30.0 Å². The highest BCUT2D eigenvalue weighted by atomic mass is 32.2. The zero-order chi connectivity index (χ0) is 13.8. The van der Waals surface area contributed by atoms with Crippen LogP contribution in [0.4, 0.5) is 13.2 Å². The molecule has 0 aliphatic rings. The maximum Gasteiger partial charge on any atom is 0.159 e. The quantitative estimate of drug-likeness (QED) is 0.861. The standard InChI is InChI=1S/C14H12F3NS/c15-10-3-1-2-9(6-10)14(8-18)19-11-4-5-12(16)13(17)7-11/h1-7,14H,8,18H2. The van der Waals surface area contributed by atoms with E-state index < -0.39 is 11.6 Å². The smallest absolute Gasteiger partial charge is 0.159 e. The summed E-state index contributed by atoms with van der Waals surface area (Å²) in [6.07, 6.45) is 0. The molecule has 0 heterocycles. The van der Waals surface area contributed by atoms with Crippen LogP contribution in [0, 0.1) is 17.5 Å². The van der Waals surface area contributed by atoms with E-state index in [0.717, 1.165) is 17.7 Å². The van der Waals surface area contributed by atoms with Crippen LogP contribution in [0.5, 0.6) is 0 Å². The Labute approximate surface area is 113 Å². The second-order valence-corrected chi connectivity index (χ2v) is 5.25. The number of nitrogens with two attached hydrogens (primary N) is 1. The molecule has 100 valence electrons. The van der Waals surface area contributed by atoms with Gasteiger partial charge in [-0.3, -0.25) is 0 Å².